The van der Waals surface area contributed by atoms with E-state index in [2.05, 4.69) is 15.9 Å². The maximum Gasteiger partial charge on any atom is 0.273 e. The molecular weight excluding hydrogens is 276 g/mol. The number of nitrogens with one attached hydrogen (secondary N) is 1. The first-order chi connectivity index (χ1) is 9.83. The van der Waals surface area contributed by atoms with Gasteiger partial charge in [-0.1, -0.05) is 5.16 Å². The standard InChI is InChI=1S/C14H12N2O3S/c17-14(15-5-3-10-4-7-20-9-10)11-8-13(19-16-11)12-2-1-6-18-12/h1-2,4,6-9H,3,5H2,(H,15,17). The van der Waals surface area contributed by atoms with E-state index in [4.69, 9.17) is 8.94 Å². The molecule has 0 bridgehead atoms. The highest BCUT2D eigenvalue weighted by Crippen LogP contribution is 2.20. The van der Waals surface area contributed by atoms with Crippen LogP contribution in [0.3, 0.4) is 0 Å². The molecule has 0 aromatic carbocycles. The Bertz CT molecular complexity index is 671. The van der Waals surface area contributed by atoms with Crippen molar-refractivity contribution in [1.82, 2.24) is 10.5 Å². The van der Waals surface area contributed by atoms with Crippen molar-refractivity contribution in [3.05, 3.63) is 52.5 Å². The summed E-state index contributed by atoms with van der Waals surface area (Å²) >= 11 is 1.65. The summed E-state index contributed by atoms with van der Waals surface area (Å²) in [5, 5.41) is 10.6. The summed E-state index contributed by atoms with van der Waals surface area (Å²) in [5.74, 6) is 0.745. The second kappa shape index (κ2) is 5.75. The topological polar surface area (TPSA) is 68.3 Å². The third-order valence-corrected chi connectivity index (χ3v) is 3.52. The van der Waals surface area contributed by atoms with E-state index in [0.29, 0.717) is 18.1 Å². The van der Waals surface area contributed by atoms with Gasteiger partial charge in [-0.15, -0.1) is 0 Å². The zero-order valence-corrected chi connectivity index (χ0v) is 11.4. The molecule has 0 spiro atoms. The monoisotopic (exact) mass is 288 g/mol. The number of thiophene rings is 1. The molecule has 0 fully saturated rings. The summed E-state index contributed by atoms with van der Waals surface area (Å²) in [6.45, 7) is 0.568. The van der Waals surface area contributed by atoms with Gasteiger partial charge in [-0.2, -0.15) is 11.3 Å². The lowest BCUT2D eigenvalue weighted by molar-refractivity contribution is 0.0945. The molecule has 6 heteroatoms. The molecule has 5 nitrogen and oxygen atoms in total. The van der Waals surface area contributed by atoms with Crippen molar-refractivity contribution in [2.75, 3.05) is 6.54 Å². The molecule has 0 aliphatic heterocycles. The van der Waals surface area contributed by atoms with Gasteiger partial charge in [-0.3, -0.25) is 4.79 Å². The molecular formula is C14H12N2O3S. The quantitative estimate of drug-likeness (QED) is 0.783. The lowest BCUT2D eigenvalue weighted by atomic mass is 10.2. The predicted octanol–water partition coefficient (Wildman–Crippen LogP) is 2.97. The van der Waals surface area contributed by atoms with E-state index in [9.17, 15) is 4.79 Å². The Labute approximate surface area is 119 Å². The smallest absolute Gasteiger partial charge is 0.273 e. The third kappa shape index (κ3) is 2.80. The molecule has 0 saturated carbocycles. The number of rotatable bonds is 5. The minimum Gasteiger partial charge on any atom is -0.461 e. The maximum absolute atomic E-state index is 11.9. The number of amides is 1. The molecule has 0 aliphatic rings. The van der Waals surface area contributed by atoms with Crippen LogP contribution in [0.4, 0.5) is 0 Å². The summed E-state index contributed by atoms with van der Waals surface area (Å²) in [6.07, 6.45) is 2.34. The first-order valence-corrected chi connectivity index (χ1v) is 7.07. The Hall–Kier alpha value is -2.34. The second-order valence-corrected chi connectivity index (χ2v) is 4.97. The second-order valence-electron chi connectivity index (χ2n) is 4.19. The molecule has 0 atom stereocenters. The molecule has 1 amide bonds. The first-order valence-electron chi connectivity index (χ1n) is 6.13. The van der Waals surface area contributed by atoms with Crippen molar-refractivity contribution in [2.24, 2.45) is 0 Å². The molecule has 0 unspecified atom stereocenters. The van der Waals surface area contributed by atoms with Crippen molar-refractivity contribution < 1.29 is 13.7 Å². The van der Waals surface area contributed by atoms with Crippen LogP contribution in [0.2, 0.25) is 0 Å². The van der Waals surface area contributed by atoms with Crippen LogP contribution in [-0.2, 0) is 6.42 Å². The van der Waals surface area contributed by atoms with Gasteiger partial charge < -0.3 is 14.3 Å². The number of aromatic nitrogens is 1. The highest BCUT2D eigenvalue weighted by atomic mass is 32.1. The van der Waals surface area contributed by atoms with Gasteiger partial charge in [0.15, 0.2) is 11.5 Å². The van der Waals surface area contributed by atoms with E-state index in [-0.39, 0.29) is 11.6 Å². The Balaban J connectivity index is 1.57. The van der Waals surface area contributed by atoms with Crippen molar-refractivity contribution in [3.63, 3.8) is 0 Å². The van der Waals surface area contributed by atoms with Gasteiger partial charge in [0.25, 0.3) is 5.91 Å². The molecule has 3 aromatic rings. The van der Waals surface area contributed by atoms with Crippen molar-refractivity contribution in [3.8, 4) is 11.5 Å². The minimum absolute atomic E-state index is 0.248. The number of carbonyl (C=O) groups excluding carboxylic acids is 1. The molecule has 3 aromatic heterocycles. The third-order valence-electron chi connectivity index (χ3n) is 2.79. The summed E-state index contributed by atoms with van der Waals surface area (Å²) in [7, 11) is 0. The van der Waals surface area contributed by atoms with Crippen LogP contribution < -0.4 is 5.32 Å². The average Bonchev–Trinajstić information content (AvgIpc) is 3.20. The van der Waals surface area contributed by atoms with Crippen LogP contribution in [-0.4, -0.2) is 17.6 Å². The number of carbonyl (C=O) groups is 1. The molecule has 20 heavy (non-hydrogen) atoms. The molecule has 0 saturated heterocycles. The largest absolute Gasteiger partial charge is 0.461 e. The Kier molecular flexibility index (Phi) is 3.64. The molecule has 3 heterocycles. The molecule has 0 aliphatic carbocycles. The van der Waals surface area contributed by atoms with Gasteiger partial charge in [0.05, 0.1) is 6.26 Å². The Morgan fingerprint density at radius 2 is 2.30 bits per heavy atom. The Morgan fingerprint density at radius 1 is 1.35 bits per heavy atom. The van der Waals surface area contributed by atoms with E-state index in [1.54, 1.807) is 35.8 Å². The summed E-state index contributed by atoms with van der Waals surface area (Å²) in [6, 6.07) is 7.11. The van der Waals surface area contributed by atoms with Crippen LogP contribution in [0.5, 0.6) is 0 Å². The number of hydrogen-bond acceptors (Lipinski definition) is 5. The fourth-order valence-electron chi connectivity index (χ4n) is 1.76. The lowest BCUT2D eigenvalue weighted by Crippen LogP contribution is -2.25. The van der Waals surface area contributed by atoms with Gasteiger partial charge in [0.2, 0.25) is 5.76 Å². The Morgan fingerprint density at radius 3 is 3.05 bits per heavy atom. The van der Waals surface area contributed by atoms with E-state index >= 15 is 0 Å². The van der Waals surface area contributed by atoms with Gasteiger partial charge in [-0.05, 0) is 40.9 Å². The van der Waals surface area contributed by atoms with Crippen molar-refractivity contribution in [2.45, 2.75) is 6.42 Å². The first kappa shape index (κ1) is 12.7. The molecule has 3 rings (SSSR count). The highest BCUT2D eigenvalue weighted by molar-refractivity contribution is 7.07. The van der Waals surface area contributed by atoms with Crippen LogP contribution in [0, 0.1) is 0 Å². The lowest BCUT2D eigenvalue weighted by Gasteiger charge is -2.00. The van der Waals surface area contributed by atoms with Crippen LogP contribution >= 0.6 is 11.3 Å². The fourth-order valence-corrected chi connectivity index (χ4v) is 2.47. The molecule has 102 valence electrons. The average molecular weight is 288 g/mol. The predicted molar refractivity (Wildman–Crippen MR) is 74.6 cm³/mol. The molecule has 0 radical (unpaired) electrons. The number of furan rings is 1. The van der Waals surface area contributed by atoms with Gasteiger partial charge >= 0.3 is 0 Å². The zero-order valence-electron chi connectivity index (χ0n) is 10.5. The van der Waals surface area contributed by atoms with Gasteiger partial charge in [0.1, 0.15) is 0 Å². The zero-order chi connectivity index (χ0) is 13.8. The van der Waals surface area contributed by atoms with E-state index in [1.165, 1.54) is 5.56 Å². The highest BCUT2D eigenvalue weighted by Gasteiger charge is 2.14. The SMILES string of the molecule is O=C(NCCc1ccsc1)c1cc(-c2ccco2)on1. The maximum atomic E-state index is 11.9. The summed E-state index contributed by atoms with van der Waals surface area (Å²) in [4.78, 5) is 11.9. The number of hydrogen-bond donors (Lipinski definition) is 1. The fraction of sp³-hybridized carbons (Fsp3) is 0.143. The minimum atomic E-state index is -0.248. The summed E-state index contributed by atoms with van der Waals surface area (Å²) in [5.41, 5.74) is 1.47. The van der Waals surface area contributed by atoms with Gasteiger partial charge in [-0.25, -0.2) is 0 Å². The van der Waals surface area contributed by atoms with E-state index in [1.807, 2.05) is 11.4 Å². The normalized spacial score (nSPS) is 10.6. The molecule has 1 N–H and O–H groups in total. The van der Waals surface area contributed by atoms with E-state index in [0.717, 1.165) is 6.42 Å². The van der Waals surface area contributed by atoms with Gasteiger partial charge in [0, 0.05) is 12.6 Å². The van der Waals surface area contributed by atoms with Crippen LogP contribution in [0.1, 0.15) is 16.1 Å². The van der Waals surface area contributed by atoms with Crippen LogP contribution in [0.15, 0.2) is 50.2 Å². The number of nitrogens with zero attached hydrogens (tertiary/aromatic N) is 1. The summed E-state index contributed by atoms with van der Waals surface area (Å²) < 4.78 is 10.3. The van der Waals surface area contributed by atoms with Crippen molar-refractivity contribution >= 4 is 17.2 Å². The van der Waals surface area contributed by atoms with Crippen LogP contribution in [0.25, 0.3) is 11.5 Å². The van der Waals surface area contributed by atoms with Crippen molar-refractivity contribution in [1.29, 1.82) is 0 Å². The van der Waals surface area contributed by atoms with E-state index < -0.39 is 0 Å².